The van der Waals surface area contributed by atoms with E-state index in [4.69, 9.17) is 32.7 Å². The molecule has 0 heterocycles. The smallest absolute Gasteiger partial charge is 0.338 e. The summed E-state index contributed by atoms with van der Waals surface area (Å²) in [6.45, 7) is 9.00. The third-order valence-corrected chi connectivity index (χ3v) is 12.4. The normalized spacial score (nSPS) is 17.8. The fourth-order valence-electron chi connectivity index (χ4n) is 4.94. The molecule has 1 fully saturated rings. The van der Waals surface area contributed by atoms with Crippen molar-refractivity contribution < 1.29 is 35.9 Å². The predicted molar refractivity (Wildman–Crippen MR) is 174 cm³/mol. The molecule has 1 aliphatic carbocycles. The first-order valence-corrected chi connectivity index (χ1v) is 18.8. The van der Waals surface area contributed by atoms with Gasteiger partial charge in [0.15, 0.2) is 0 Å². The van der Waals surface area contributed by atoms with Crippen LogP contribution in [-0.2, 0) is 29.5 Å². The Balaban J connectivity index is 1.54. The average molecular weight is 706 g/mol. The number of rotatable bonds is 18. The molecule has 0 saturated heterocycles. The van der Waals surface area contributed by atoms with Crippen LogP contribution in [0.2, 0.25) is 0 Å². The molecular weight excluding hydrogens is 663 g/mol. The molecule has 2 atom stereocenters. The highest BCUT2D eigenvalue weighted by Crippen LogP contribution is 2.59. The van der Waals surface area contributed by atoms with E-state index in [-0.39, 0.29) is 34.1 Å². The number of ether oxygens (including phenoxy) is 2. The van der Waals surface area contributed by atoms with Crippen molar-refractivity contribution in [1.82, 2.24) is 8.61 Å². The zero-order valence-electron chi connectivity index (χ0n) is 26.1. The summed E-state index contributed by atoms with van der Waals surface area (Å²) in [4.78, 5) is 25.5. The second-order valence-corrected chi connectivity index (χ2v) is 16.3. The minimum atomic E-state index is -3.68. The van der Waals surface area contributed by atoms with Gasteiger partial charge in [-0.15, -0.1) is 23.2 Å². The molecule has 0 amide bonds. The van der Waals surface area contributed by atoms with E-state index in [0.29, 0.717) is 51.9 Å². The fourth-order valence-corrected chi connectivity index (χ4v) is 8.92. The van der Waals surface area contributed by atoms with Gasteiger partial charge in [-0.05, 0) is 74.2 Å². The summed E-state index contributed by atoms with van der Waals surface area (Å²) >= 11 is 12.8. The van der Waals surface area contributed by atoms with Crippen LogP contribution in [-0.4, -0.2) is 81.1 Å². The van der Waals surface area contributed by atoms with Gasteiger partial charge in [-0.3, -0.25) is 0 Å². The number of alkyl halides is 2. The summed E-state index contributed by atoms with van der Waals surface area (Å²) in [5.41, 5.74) is 0.339. The van der Waals surface area contributed by atoms with E-state index >= 15 is 0 Å². The van der Waals surface area contributed by atoms with Gasteiger partial charge < -0.3 is 9.47 Å². The highest BCUT2D eigenvalue weighted by molar-refractivity contribution is 7.89. The average Bonchev–Trinajstić information content (AvgIpc) is 3.55. The SMILES string of the molecule is CCCN(CCC)S(=O)(=O)c1ccc(C(=O)OC[C@@H]2[C@H](COC(=O)c3ccc(S(=O)(=O)N(CCC)CCC)cc3)C2(Cl)Cl)cc1. The lowest BCUT2D eigenvalue weighted by atomic mass is 10.2. The second kappa shape index (κ2) is 16.1. The van der Waals surface area contributed by atoms with Crippen LogP contribution in [0.25, 0.3) is 0 Å². The Hall–Kier alpha value is -2.22. The highest BCUT2D eigenvalue weighted by Gasteiger charge is 2.64. The van der Waals surface area contributed by atoms with E-state index < -0.39 is 48.2 Å². The molecule has 45 heavy (non-hydrogen) atoms. The van der Waals surface area contributed by atoms with Crippen molar-refractivity contribution in [3.63, 3.8) is 0 Å². The van der Waals surface area contributed by atoms with Crippen molar-refractivity contribution >= 4 is 55.2 Å². The van der Waals surface area contributed by atoms with Crippen LogP contribution in [0.15, 0.2) is 58.3 Å². The van der Waals surface area contributed by atoms with Gasteiger partial charge in [-0.1, -0.05) is 27.7 Å². The molecule has 3 rings (SSSR count). The molecule has 0 radical (unpaired) electrons. The molecule has 0 unspecified atom stereocenters. The minimum Gasteiger partial charge on any atom is -0.462 e. The summed E-state index contributed by atoms with van der Waals surface area (Å²) < 4.78 is 64.2. The number of nitrogens with zero attached hydrogens (tertiary/aromatic N) is 2. The summed E-state index contributed by atoms with van der Waals surface area (Å²) in [6.07, 6.45) is 2.74. The van der Waals surface area contributed by atoms with Crippen molar-refractivity contribution in [3.8, 4) is 0 Å². The molecule has 2 aromatic rings. The van der Waals surface area contributed by atoms with Crippen LogP contribution >= 0.6 is 23.2 Å². The summed E-state index contributed by atoms with van der Waals surface area (Å²) in [5.74, 6) is -2.33. The van der Waals surface area contributed by atoms with E-state index in [1.807, 2.05) is 27.7 Å². The number of benzene rings is 2. The lowest BCUT2D eigenvalue weighted by molar-refractivity contribution is 0.0419. The number of hydrogen-bond acceptors (Lipinski definition) is 8. The summed E-state index contributed by atoms with van der Waals surface area (Å²) in [5, 5.41) is 0. The predicted octanol–water partition coefficient (Wildman–Crippen LogP) is 5.74. The topological polar surface area (TPSA) is 127 Å². The van der Waals surface area contributed by atoms with Gasteiger partial charge in [0, 0.05) is 38.0 Å². The Kier molecular flexibility index (Phi) is 13.3. The van der Waals surface area contributed by atoms with Crippen molar-refractivity contribution in [1.29, 1.82) is 0 Å². The van der Waals surface area contributed by atoms with Gasteiger partial charge in [0.25, 0.3) is 0 Å². The molecule has 2 aromatic carbocycles. The molecule has 0 N–H and O–H groups in total. The summed E-state index contributed by atoms with van der Waals surface area (Å²) in [6, 6.07) is 11.1. The number of sulfonamides is 2. The first kappa shape index (κ1) is 37.2. The van der Waals surface area contributed by atoms with Crippen LogP contribution < -0.4 is 0 Å². The Morgan fingerprint density at radius 2 is 0.911 bits per heavy atom. The zero-order chi connectivity index (χ0) is 33.4. The third kappa shape index (κ3) is 8.99. The number of carbonyl (C=O) groups is 2. The van der Waals surface area contributed by atoms with E-state index in [1.165, 1.54) is 57.1 Å². The molecule has 1 aliphatic rings. The molecule has 0 spiro atoms. The quantitative estimate of drug-likeness (QED) is 0.142. The lowest BCUT2D eigenvalue weighted by Crippen LogP contribution is -2.32. The molecule has 250 valence electrons. The fraction of sp³-hybridized carbons (Fsp3) is 0.548. The number of halogens is 2. The molecular formula is C31H42Cl2N2O8S2. The van der Waals surface area contributed by atoms with E-state index in [2.05, 4.69) is 0 Å². The first-order chi connectivity index (χ1) is 21.2. The van der Waals surface area contributed by atoms with E-state index in [0.717, 1.165) is 0 Å². The number of carbonyl (C=O) groups excluding carboxylic acids is 2. The Bertz CT molecular complexity index is 1390. The van der Waals surface area contributed by atoms with Gasteiger partial charge in [0.2, 0.25) is 20.0 Å². The monoisotopic (exact) mass is 704 g/mol. The van der Waals surface area contributed by atoms with Crippen LogP contribution in [0.3, 0.4) is 0 Å². The maximum atomic E-state index is 13.0. The van der Waals surface area contributed by atoms with Crippen LogP contribution in [0.5, 0.6) is 0 Å². The van der Waals surface area contributed by atoms with E-state index in [9.17, 15) is 26.4 Å². The van der Waals surface area contributed by atoms with Gasteiger partial charge in [-0.2, -0.15) is 8.61 Å². The van der Waals surface area contributed by atoms with Crippen LogP contribution in [0, 0.1) is 11.8 Å². The third-order valence-electron chi connectivity index (χ3n) is 7.50. The minimum absolute atomic E-state index is 0.0942. The second-order valence-electron chi connectivity index (χ2n) is 10.9. The van der Waals surface area contributed by atoms with Crippen molar-refractivity contribution in [2.45, 2.75) is 67.5 Å². The highest BCUT2D eigenvalue weighted by atomic mass is 35.5. The number of hydrogen-bond donors (Lipinski definition) is 0. The molecule has 10 nitrogen and oxygen atoms in total. The lowest BCUT2D eigenvalue weighted by Gasteiger charge is -2.21. The van der Waals surface area contributed by atoms with Crippen molar-refractivity contribution in [2.75, 3.05) is 39.4 Å². The molecule has 1 saturated carbocycles. The zero-order valence-corrected chi connectivity index (χ0v) is 29.2. The number of esters is 2. The Labute approximate surface area is 277 Å². The van der Waals surface area contributed by atoms with Crippen LogP contribution in [0.1, 0.15) is 74.1 Å². The van der Waals surface area contributed by atoms with Crippen molar-refractivity contribution in [3.05, 3.63) is 59.7 Å². The molecule has 0 aliphatic heterocycles. The van der Waals surface area contributed by atoms with Crippen LogP contribution in [0.4, 0.5) is 0 Å². The Morgan fingerprint density at radius 1 is 0.622 bits per heavy atom. The van der Waals surface area contributed by atoms with Gasteiger partial charge in [0.05, 0.1) is 34.1 Å². The van der Waals surface area contributed by atoms with Gasteiger partial charge in [-0.25, -0.2) is 26.4 Å². The maximum Gasteiger partial charge on any atom is 0.338 e. The largest absolute Gasteiger partial charge is 0.462 e. The molecule has 0 aromatic heterocycles. The van der Waals surface area contributed by atoms with Gasteiger partial charge >= 0.3 is 11.9 Å². The maximum absolute atomic E-state index is 13.0. The Morgan fingerprint density at radius 3 is 1.18 bits per heavy atom. The van der Waals surface area contributed by atoms with Gasteiger partial charge in [0.1, 0.15) is 4.33 Å². The van der Waals surface area contributed by atoms with E-state index in [1.54, 1.807) is 0 Å². The first-order valence-electron chi connectivity index (χ1n) is 15.2. The standard InChI is InChI=1S/C31H42Cl2N2O8S2/c1-5-17-34(18-6-2)44(38,39)25-13-9-23(10-14-25)29(36)42-21-27-28(31(27,32)33)22-43-30(37)24-11-15-26(16-12-24)45(40,41)35(19-7-3)20-8-4/h9-16,27-28H,5-8,17-22H2,1-4H3/t27-,28+. The molecule has 0 bridgehead atoms. The molecule has 14 heteroatoms. The summed E-state index contributed by atoms with van der Waals surface area (Å²) in [7, 11) is -7.36. The van der Waals surface area contributed by atoms with Crippen molar-refractivity contribution in [2.24, 2.45) is 11.8 Å².